The second-order valence-electron chi connectivity index (χ2n) is 6.15. The molecule has 1 heterocycles. The van der Waals surface area contributed by atoms with E-state index >= 15 is 0 Å². The van der Waals surface area contributed by atoms with Crippen molar-refractivity contribution in [2.24, 2.45) is 5.92 Å². The summed E-state index contributed by atoms with van der Waals surface area (Å²) < 4.78 is 40.7. The van der Waals surface area contributed by atoms with E-state index < -0.39 is 23.9 Å². The Morgan fingerprint density at radius 3 is 2.48 bits per heavy atom. The minimum Gasteiger partial charge on any atom is -0.486 e. The molecule has 0 amide bonds. The second kappa shape index (κ2) is 6.75. The molecule has 0 saturated heterocycles. The smallest absolute Gasteiger partial charge is 0.387 e. The van der Waals surface area contributed by atoms with Gasteiger partial charge in [0.2, 0.25) is 5.75 Å². The highest BCUT2D eigenvalue weighted by molar-refractivity contribution is 5.70. The number of halogens is 2. The number of ether oxygens (including phenoxy) is 3. The number of fused-ring (bicyclic) bond motifs is 1. The number of alkyl halides is 2. The highest BCUT2D eigenvalue weighted by Crippen LogP contribution is 2.51. The van der Waals surface area contributed by atoms with E-state index in [-0.39, 0.29) is 30.5 Å². The average Bonchev–Trinajstić information content (AvgIpc) is 2.61. The van der Waals surface area contributed by atoms with Crippen LogP contribution in [0.2, 0.25) is 0 Å². The first-order chi connectivity index (χ1) is 12.0. The van der Waals surface area contributed by atoms with Crippen LogP contribution in [0.3, 0.4) is 0 Å². The normalized spacial score (nSPS) is 25.3. The molecule has 0 bridgehead atoms. The SMILES string of the molecule is N#C[C@]1(c2ccc(OC(F)F)c3c2OCCO3)CC[C@@H](C(=O)O)CC1. The van der Waals surface area contributed by atoms with Crippen LogP contribution in [-0.4, -0.2) is 30.9 Å². The summed E-state index contributed by atoms with van der Waals surface area (Å²) in [7, 11) is 0. The van der Waals surface area contributed by atoms with Gasteiger partial charge in [-0.3, -0.25) is 4.79 Å². The van der Waals surface area contributed by atoms with Crippen LogP contribution >= 0.6 is 0 Å². The summed E-state index contributed by atoms with van der Waals surface area (Å²) in [5.41, 5.74) is -0.393. The van der Waals surface area contributed by atoms with Gasteiger partial charge in [0, 0.05) is 5.56 Å². The van der Waals surface area contributed by atoms with Crippen LogP contribution in [0.5, 0.6) is 17.2 Å². The van der Waals surface area contributed by atoms with Crippen molar-refractivity contribution in [2.75, 3.05) is 13.2 Å². The van der Waals surface area contributed by atoms with Crippen molar-refractivity contribution in [1.29, 1.82) is 5.26 Å². The number of carboxylic acid groups (broad SMARTS) is 1. The molecule has 1 aliphatic carbocycles. The predicted octanol–water partition coefficient (Wildman–Crippen LogP) is 3.10. The molecule has 0 atom stereocenters. The van der Waals surface area contributed by atoms with E-state index in [2.05, 4.69) is 10.8 Å². The lowest BCUT2D eigenvalue weighted by atomic mass is 9.67. The fraction of sp³-hybridized carbons (Fsp3) is 0.529. The lowest BCUT2D eigenvalue weighted by Gasteiger charge is -2.36. The largest absolute Gasteiger partial charge is 0.486 e. The number of nitrogens with zero attached hydrogens (tertiary/aromatic N) is 1. The Bertz CT molecular complexity index is 708. The van der Waals surface area contributed by atoms with Crippen LogP contribution in [0.15, 0.2) is 12.1 Å². The summed E-state index contributed by atoms with van der Waals surface area (Å²) in [5.74, 6) is -1.18. The first kappa shape index (κ1) is 17.3. The van der Waals surface area contributed by atoms with Crippen LogP contribution in [0.25, 0.3) is 0 Å². The van der Waals surface area contributed by atoms with Crippen LogP contribution in [0.1, 0.15) is 31.2 Å². The van der Waals surface area contributed by atoms with Gasteiger partial charge in [-0.2, -0.15) is 14.0 Å². The van der Waals surface area contributed by atoms with Gasteiger partial charge in [0.1, 0.15) is 13.2 Å². The van der Waals surface area contributed by atoms with E-state index in [1.165, 1.54) is 12.1 Å². The number of hydrogen-bond acceptors (Lipinski definition) is 5. The molecule has 25 heavy (non-hydrogen) atoms. The topological polar surface area (TPSA) is 88.8 Å². The molecule has 1 fully saturated rings. The molecule has 8 heteroatoms. The van der Waals surface area contributed by atoms with Gasteiger partial charge in [-0.05, 0) is 37.8 Å². The van der Waals surface area contributed by atoms with Crippen LogP contribution < -0.4 is 14.2 Å². The molecule has 1 saturated carbocycles. The maximum absolute atomic E-state index is 12.6. The Kier molecular flexibility index (Phi) is 4.66. The number of rotatable bonds is 4. The molecular weight excluding hydrogens is 336 g/mol. The third kappa shape index (κ3) is 3.18. The van der Waals surface area contributed by atoms with Gasteiger partial charge < -0.3 is 19.3 Å². The highest BCUT2D eigenvalue weighted by Gasteiger charge is 2.42. The first-order valence-electron chi connectivity index (χ1n) is 7.99. The van der Waals surface area contributed by atoms with E-state index in [9.17, 15) is 18.8 Å². The van der Waals surface area contributed by atoms with Gasteiger partial charge in [-0.1, -0.05) is 0 Å². The van der Waals surface area contributed by atoms with Crippen molar-refractivity contribution >= 4 is 5.97 Å². The van der Waals surface area contributed by atoms with Crippen LogP contribution in [-0.2, 0) is 10.2 Å². The van der Waals surface area contributed by atoms with E-state index in [4.69, 9.17) is 14.6 Å². The average molecular weight is 353 g/mol. The maximum atomic E-state index is 12.6. The molecule has 1 aromatic rings. The van der Waals surface area contributed by atoms with Crippen molar-refractivity contribution < 1.29 is 32.9 Å². The third-order valence-corrected chi connectivity index (χ3v) is 4.79. The molecule has 0 aromatic heterocycles. The molecule has 1 aliphatic heterocycles. The number of aliphatic carboxylic acids is 1. The van der Waals surface area contributed by atoms with Gasteiger partial charge in [0.15, 0.2) is 11.5 Å². The van der Waals surface area contributed by atoms with E-state index in [0.717, 1.165) is 0 Å². The summed E-state index contributed by atoms with van der Waals surface area (Å²) in [6.07, 6.45) is 1.44. The fourth-order valence-electron chi connectivity index (χ4n) is 3.48. The summed E-state index contributed by atoms with van der Waals surface area (Å²) in [4.78, 5) is 11.2. The summed E-state index contributed by atoms with van der Waals surface area (Å²) in [5, 5.41) is 18.9. The lowest BCUT2D eigenvalue weighted by Crippen LogP contribution is -2.34. The van der Waals surface area contributed by atoms with Gasteiger partial charge in [-0.15, -0.1) is 0 Å². The van der Waals surface area contributed by atoms with E-state index in [1.54, 1.807) is 0 Å². The highest BCUT2D eigenvalue weighted by atomic mass is 19.3. The van der Waals surface area contributed by atoms with Crippen LogP contribution in [0.4, 0.5) is 8.78 Å². The number of nitriles is 1. The lowest BCUT2D eigenvalue weighted by molar-refractivity contribution is -0.143. The molecule has 2 aliphatic rings. The Hall–Kier alpha value is -2.56. The number of carboxylic acids is 1. The predicted molar refractivity (Wildman–Crippen MR) is 80.9 cm³/mol. The first-order valence-corrected chi connectivity index (χ1v) is 7.99. The minimum absolute atomic E-state index is 0.0685. The summed E-state index contributed by atoms with van der Waals surface area (Å²) in [6.45, 7) is -2.58. The zero-order chi connectivity index (χ0) is 18.0. The fourth-order valence-corrected chi connectivity index (χ4v) is 3.48. The van der Waals surface area contributed by atoms with Gasteiger partial charge in [0.25, 0.3) is 0 Å². The third-order valence-electron chi connectivity index (χ3n) is 4.79. The molecule has 134 valence electrons. The van der Waals surface area contributed by atoms with Crippen molar-refractivity contribution in [1.82, 2.24) is 0 Å². The van der Waals surface area contributed by atoms with Crippen molar-refractivity contribution in [3.05, 3.63) is 17.7 Å². The Morgan fingerprint density at radius 2 is 1.92 bits per heavy atom. The zero-order valence-corrected chi connectivity index (χ0v) is 13.3. The maximum Gasteiger partial charge on any atom is 0.387 e. The molecule has 1 aromatic carbocycles. The van der Waals surface area contributed by atoms with Crippen molar-refractivity contribution in [3.63, 3.8) is 0 Å². The van der Waals surface area contributed by atoms with Gasteiger partial charge >= 0.3 is 12.6 Å². The zero-order valence-electron chi connectivity index (χ0n) is 13.3. The molecular formula is C17H17F2NO5. The minimum atomic E-state index is -3.00. The second-order valence-corrected chi connectivity index (χ2v) is 6.15. The number of hydrogen-bond donors (Lipinski definition) is 1. The van der Waals surface area contributed by atoms with Crippen molar-refractivity contribution in [2.45, 2.75) is 37.7 Å². The monoisotopic (exact) mass is 353 g/mol. The molecule has 1 N–H and O–H groups in total. The molecule has 3 rings (SSSR count). The van der Waals surface area contributed by atoms with Gasteiger partial charge in [-0.25, -0.2) is 0 Å². The molecule has 6 nitrogen and oxygen atoms in total. The Morgan fingerprint density at radius 1 is 1.28 bits per heavy atom. The number of benzene rings is 1. The quantitative estimate of drug-likeness (QED) is 0.895. The van der Waals surface area contributed by atoms with E-state index in [1.807, 2.05) is 0 Å². The summed E-state index contributed by atoms with van der Waals surface area (Å²) >= 11 is 0. The van der Waals surface area contributed by atoms with E-state index in [0.29, 0.717) is 31.2 Å². The Labute approximate surface area is 142 Å². The standard InChI is InChI=1S/C17H17F2NO5/c18-16(19)25-12-2-1-11(13-14(12)24-8-7-23-13)17(9-20)5-3-10(4-6-17)15(21)22/h1-2,10,16H,3-8H2,(H,21,22)/t10-,17+. The number of carbonyl (C=O) groups is 1. The molecule has 0 unspecified atom stereocenters. The van der Waals surface area contributed by atoms with Gasteiger partial charge in [0.05, 0.1) is 17.4 Å². The summed E-state index contributed by atoms with van der Waals surface area (Å²) in [6, 6.07) is 5.17. The Balaban J connectivity index is 1.99. The molecule has 0 spiro atoms. The molecule has 0 radical (unpaired) electrons. The van der Waals surface area contributed by atoms with Crippen molar-refractivity contribution in [3.8, 4) is 23.3 Å². The van der Waals surface area contributed by atoms with Crippen LogP contribution in [0, 0.1) is 17.2 Å².